The first kappa shape index (κ1) is 14.5. The maximum Gasteiger partial charge on any atom is 0.258 e. The molecule has 3 rings (SSSR count). The number of nitrogens with zero attached hydrogens (tertiary/aromatic N) is 3. The molecule has 0 bridgehead atoms. The van der Waals surface area contributed by atoms with Gasteiger partial charge >= 0.3 is 0 Å². The lowest BCUT2D eigenvalue weighted by molar-refractivity contribution is -0.112. The summed E-state index contributed by atoms with van der Waals surface area (Å²) in [5, 5.41) is 2.71. The van der Waals surface area contributed by atoms with Crippen LogP contribution < -0.4 is 5.32 Å². The predicted octanol–water partition coefficient (Wildman–Crippen LogP) is 0.826. The minimum Gasteiger partial charge on any atom is -0.330 e. The van der Waals surface area contributed by atoms with E-state index in [0.717, 1.165) is 5.69 Å². The maximum atomic E-state index is 12.2. The summed E-state index contributed by atoms with van der Waals surface area (Å²) in [6, 6.07) is 5.36. The van der Waals surface area contributed by atoms with Crippen LogP contribution in [-0.4, -0.2) is 42.3 Å². The summed E-state index contributed by atoms with van der Waals surface area (Å²) in [5.74, 6) is 0.438. The summed E-state index contributed by atoms with van der Waals surface area (Å²) in [6.45, 7) is 2.12. The Bertz CT molecular complexity index is 824. The fraction of sp³-hybridized carbons (Fsp3) is 0.214. The number of amidine groups is 1. The smallest absolute Gasteiger partial charge is 0.258 e. The fourth-order valence-electron chi connectivity index (χ4n) is 2.14. The molecule has 7 nitrogen and oxygen atoms in total. The van der Waals surface area contributed by atoms with Crippen LogP contribution in [0.15, 0.2) is 46.5 Å². The average Bonchev–Trinajstić information content (AvgIpc) is 2.46. The van der Waals surface area contributed by atoms with E-state index in [1.807, 2.05) is 19.1 Å². The molecule has 0 aliphatic carbocycles. The van der Waals surface area contributed by atoms with Crippen molar-refractivity contribution in [3.63, 3.8) is 0 Å². The predicted molar refractivity (Wildman–Crippen MR) is 82.8 cm³/mol. The van der Waals surface area contributed by atoms with Crippen LogP contribution in [0.25, 0.3) is 0 Å². The van der Waals surface area contributed by atoms with Gasteiger partial charge in [0.15, 0.2) is 0 Å². The third-order valence-corrected chi connectivity index (χ3v) is 4.38. The zero-order valence-electron chi connectivity index (χ0n) is 11.9. The Morgan fingerprint density at radius 2 is 2.14 bits per heavy atom. The number of pyridine rings is 1. The highest BCUT2D eigenvalue weighted by molar-refractivity contribution is 7.90. The first-order valence-electron chi connectivity index (χ1n) is 6.67. The van der Waals surface area contributed by atoms with Gasteiger partial charge in [0.2, 0.25) is 0 Å². The molecule has 0 aromatic carbocycles. The Balaban J connectivity index is 1.78. The Labute approximate surface area is 128 Å². The van der Waals surface area contributed by atoms with Crippen molar-refractivity contribution in [2.75, 3.05) is 17.6 Å². The number of hydrogen-bond donors (Lipinski definition) is 1. The van der Waals surface area contributed by atoms with Gasteiger partial charge in [-0.2, -0.15) is 0 Å². The van der Waals surface area contributed by atoms with E-state index >= 15 is 0 Å². The lowest BCUT2D eigenvalue weighted by Gasteiger charge is -2.26. The molecule has 114 valence electrons. The molecule has 2 aliphatic rings. The molecule has 2 aliphatic heterocycles. The molecule has 0 spiro atoms. The lowest BCUT2D eigenvalue weighted by atomic mass is 10.2. The molecular formula is C14H14N4O3S. The van der Waals surface area contributed by atoms with Crippen LogP contribution in [-0.2, 0) is 14.8 Å². The van der Waals surface area contributed by atoms with Crippen molar-refractivity contribution in [1.29, 1.82) is 0 Å². The minimum atomic E-state index is -3.39. The third-order valence-electron chi connectivity index (χ3n) is 3.22. The van der Waals surface area contributed by atoms with Crippen LogP contribution in [0.1, 0.15) is 5.69 Å². The molecule has 1 N–H and O–H groups in total. The second kappa shape index (κ2) is 5.38. The van der Waals surface area contributed by atoms with Gasteiger partial charge in [0.25, 0.3) is 15.9 Å². The molecule has 1 aromatic rings. The Morgan fingerprint density at radius 3 is 2.91 bits per heavy atom. The highest BCUT2D eigenvalue weighted by Gasteiger charge is 2.25. The van der Waals surface area contributed by atoms with Gasteiger partial charge in [-0.15, -0.1) is 4.40 Å². The molecular weight excluding hydrogens is 304 g/mol. The summed E-state index contributed by atoms with van der Waals surface area (Å²) >= 11 is 0. The van der Waals surface area contributed by atoms with Crippen LogP contribution in [0.3, 0.4) is 0 Å². The van der Waals surface area contributed by atoms with Crippen LogP contribution in [0.5, 0.6) is 0 Å². The molecule has 0 radical (unpaired) electrons. The number of carbonyl (C=O) groups is 1. The van der Waals surface area contributed by atoms with E-state index in [2.05, 4.69) is 14.7 Å². The normalized spacial score (nSPS) is 19.0. The van der Waals surface area contributed by atoms with E-state index in [-0.39, 0.29) is 18.2 Å². The number of hydrogen-bond acceptors (Lipinski definition) is 5. The second-order valence-corrected chi connectivity index (χ2v) is 6.72. The van der Waals surface area contributed by atoms with E-state index in [9.17, 15) is 13.2 Å². The van der Waals surface area contributed by atoms with E-state index in [1.54, 1.807) is 23.2 Å². The average molecular weight is 318 g/mol. The first-order valence-corrected chi connectivity index (χ1v) is 8.28. The maximum absolute atomic E-state index is 12.2. The SMILES string of the molecule is Cc1cccc(NC(=O)C2=CN3CCS(=O)(=O)N=C3C=C2)n1. The van der Waals surface area contributed by atoms with Crippen LogP contribution >= 0.6 is 0 Å². The Hall–Kier alpha value is -2.48. The Kier molecular flexibility index (Phi) is 3.53. The zero-order valence-corrected chi connectivity index (χ0v) is 12.7. The van der Waals surface area contributed by atoms with Crippen molar-refractivity contribution < 1.29 is 13.2 Å². The van der Waals surface area contributed by atoms with Crippen molar-refractivity contribution in [2.45, 2.75) is 6.92 Å². The minimum absolute atomic E-state index is 0.0603. The number of sulfonamides is 1. The highest BCUT2D eigenvalue weighted by Crippen LogP contribution is 2.17. The number of fused-ring (bicyclic) bond motifs is 1. The number of aryl methyl sites for hydroxylation is 1. The van der Waals surface area contributed by atoms with Gasteiger partial charge in [-0.05, 0) is 31.2 Å². The van der Waals surface area contributed by atoms with Crippen LogP contribution in [0, 0.1) is 6.92 Å². The van der Waals surface area contributed by atoms with Gasteiger partial charge in [0.1, 0.15) is 11.7 Å². The second-order valence-electron chi connectivity index (χ2n) is 4.97. The molecule has 0 atom stereocenters. The molecule has 8 heteroatoms. The van der Waals surface area contributed by atoms with Gasteiger partial charge < -0.3 is 10.2 Å². The molecule has 1 aromatic heterocycles. The largest absolute Gasteiger partial charge is 0.330 e. The summed E-state index contributed by atoms with van der Waals surface area (Å²) in [5.41, 5.74) is 1.23. The molecule has 0 saturated heterocycles. The molecule has 0 saturated carbocycles. The van der Waals surface area contributed by atoms with Gasteiger partial charge in [-0.25, -0.2) is 13.4 Å². The number of anilines is 1. The lowest BCUT2D eigenvalue weighted by Crippen LogP contribution is -2.37. The number of nitrogens with one attached hydrogen (secondary N) is 1. The van der Waals surface area contributed by atoms with Crippen LogP contribution in [0.4, 0.5) is 5.82 Å². The highest BCUT2D eigenvalue weighted by atomic mass is 32.2. The van der Waals surface area contributed by atoms with Crippen molar-refractivity contribution >= 4 is 27.6 Å². The molecule has 0 fully saturated rings. The zero-order chi connectivity index (χ0) is 15.7. The fourth-order valence-corrected chi connectivity index (χ4v) is 3.11. The topological polar surface area (TPSA) is 91.7 Å². The Morgan fingerprint density at radius 1 is 1.32 bits per heavy atom. The van der Waals surface area contributed by atoms with Crippen molar-refractivity contribution in [1.82, 2.24) is 9.88 Å². The van der Waals surface area contributed by atoms with E-state index < -0.39 is 10.0 Å². The van der Waals surface area contributed by atoms with Gasteiger partial charge in [0.05, 0.1) is 11.3 Å². The van der Waals surface area contributed by atoms with E-state index in [4.69, 9.17) is 0 Å². The number of carbonyl (C=O) groups excluding carboxylic acids is 1. The van der Waals surface area contributed by atoms with Crippen molar-refractivity contribution in [3.8, 4) is 0 Å². The van der Waals surface area contributed by atoms with Crippen molar-refractivity contribution in [2.24, 2.45) is 4.40 Å². The number of aromatic nitrogens is 1. The summed E-state index contributed by atoms with van der Waals surface area (Å²) in [7, 11) is -3.39. The molecule has 0 unspecified atom stereocenters. The quantitative estimate of drug-likeness (QED) is 0.872. The molecule has 22 heavy (non-hydrogen) atoms. The first-order chi connectivity index (χ1) is 10.4. The summed E-state index contributed by atoms with van der Waals surface area (Å²) in [6.07, 6.45) is 4.66. The molecule has 1 amide bonds. The third kappa shape index (κ3) is 3.06. The summed E-state index contributed by atoms with van der Waals surface area (Å²) in [4.78, 5) is 18.1. The standard InChI is InChI=1S/C14H14N4O3S/c1-10-3-2-4-12(15-10)16-14(19)11-5-6-13-17-22(20,21)8-7-18(13)9-11/h2-6,9H,7-8H2,1H3,(H,15,16,19). The van der Waals surface area contributed by atoms with E-state index in [1.165, 1.54) is 6.08 Å². The van der Waals surface area contributed by atoms with Crippen LogP contribution in [0.2, 0.25) is 0 Å². The van der Waals surface area contributed by atoms with Crippen molar-refractivity contribution in [3.05, 3.63) is 47.8 Å². The van der Waals surface area contributed by atoms with E-state index in [0.29, 0.717) is 17.2 Å². The molecule has 3 heterocycles. The number of rotatable bonds is 2. The monoisotopic (exact) mass is 318 g/mol. The number of amides is 1. The van der Waals surface area contributed by atoms with Gasteiger partial charge in [-0.1, -0.05) is 6.07 Å². The van der Waals surface area contributed by atoms with Gasteiger partial charge in [-0.3, -0.25) is 4.79 Å². The van der Waals surface area contributed by atoms with Gasteiger partial charge in [0, 0.05) is 18.4 Å². The summed E-state index contributed by atoms with van der Waals surface area (Å²) < 4.78 is 26.5.